The average Bonchev–Trinajstić information content (AvgIpc) is 2.36. The van der Waals surface area contributed by atoms with Crippen LogP contribution < -0.4 is 5.73 Å². The van der Waals surface area contributed by atoms with E-state index in [9.17, 15) is 4.79 Å². The van der Waals surface area contributed by atoms with Crippen LogP contribution in [0.1, 0.15) is 32.3 Å². The Bertz CT molecular complexity index is 376. The first-order valence-corrected chi connectivity index (χ1v) is 6.40. The van der Waals surface area contributed by atoms with E-state index in [-0.39, 0.29) is 5.91 Å². The molecule has 100 valence electrons. The Hall–Kier alpha value is -1.42. The molecule has 1 aromatic heterocycles. The van der Waals surface area contributed by atoms with Gasteiger partial charge in [0.1, 0.15) is 0 Å². The van der Waals surface area contributed by atoms with E-state index >= 15 is 0 Å². The van der Waals surface area contributed by atoms with Gasteiger partial charge in [-0.15, -0.1) is 0 Å². The quantitative estimate of drug-likeness (QED) is 0.833. The lowest BCUT2D eigenvalue weighted by atomic mass is 9.96. The number of pyridine rings is 1. The van der Waals surface area contributed by atoms with Gasteiger partial charge >= 0.3 is 0 Å². The third kappa shape index (κ3) is 4.11. The molecule has 1 amide bonds. The summed E-state index contributed by atoms with van der Waals surface area (Å²) in [6.45, 7) is 4.52. The number of rotatable bonds is 6. The minimum Gasteiger partial charge on any atom is -0.344 e. The Morgan fingerprint density at radius 1 is 1.44 bits per heavy atom. The Morgan fingerprint density at radius 3 is 2.61 bits per heavy atom. The molecule has 1 unspecified atom stereocenters. The van der Waals surface area contributed by atoms with Gasteiger partial charge < -0.3 is 10.6 Å². The molecule has 0 bridgehead atoms. The highest BCUT2D eigenvalue weighted by Crippen LogP contribution is 2.12. The SMILES string of the molecule is CCCC(C)(N)C(=O)N(C)CCc1ccncc1. The van der Waals surface area contributed by atoms with Gasteiger partial charge in [-0.25, -0.2) is 0 Å². The Kier molecular flexibility index (Phi) is 5.28. The molecule has 0 fully saturated rings. The predicted molar refractivity (Wildman–Crippen MR) is 73.1 cm³/mol. The first-order chi connectivity index (χ1) is 8.47. The zero-order valence-electron chi connectivity index (χ0n) is 11.5. The van der Waals surface area contributed by atoms with Crippen molar-refractivity contribution in [3.8, 4) is 0 Å². The van der Waals surface area contributed by atoms with Gasteiger partial charge in [-0.3, -0.25) is 9.78 Å². The van der Waals surface area contributed by atoms with Gasteiger partial charge in [0.15, 0.2) is 0 Å². The molecule has 2 N–H and O–H groups in total. The second kappa shape index (κ2) is 6.50. The fourth-order valence-electron chi connectivity index (χ4n) is 2.01. The van der Waals surface area contributed by atoms with E-state index in [0.29, 0.717) is 13.0 Å². The van der Waals surface area contributed by atoms with E-state index in [1.54, 1.807) is 17.3 Å². The van der Waals surface area contributed by atoms with Gasteiger partial charge in [-0.1, -0.05) is 13.3 Å². The molecule has 4 nitrogen and oxygen atoms in total. The van der Waals surface area contributed by atoms with E-state index in [0.717, 1.165) is 12.8 Å². The number of carbonyl (C=O) groups is 1. The lowest BCUT2D eigenvalue weighted by molar-refractivity contribution is -0.135. The molecule has 0 spiro atoms. The largest absolute Gasteiger partial charge is 0.344 e. The molecule has 4 heteroatoms. The monoisotopic (exact) mass is 249 g/mol. The van der Waals surface area contributed by atoms with Crippen molar-refractivity contribution in [2.45, 2.75) is 38.6 Å². The summed E-state index contributed by atoms with van der Waals surface area (Å²) < 4.78 is 0. The summed E-state index contributed by atoms with van der Waals surface area (Å²) in [6.07, 6.45) is 5.98. The fraction of sp³-hybridized carbons (Fsp3) is 0.571. The zero-order chi connectivity index (χ0) is 13.6. The molecule has 1 aromatic rings. The van der Waals surface area contributed by atoms with E-state index in [4.69, 9.17) is 5.73 Å². The van der Waals surface area contributed by atoms with Crippen LogP contribution in [0.2, 0.25) is 0 Å². The third-order valence-corrected chi connectivity index (χ3v) is 3.09. The number of amides is 1. The Labute approximate surface area is 109 Å². The lowest BCUT2D eigenvalue weighted by Crippen LogP contribution is -2.52. The van der Waals surface area contributed by atoms with Gasteiger partial charge in [-0.2, -0.15) is 0 Å². The summed E-state index contributed by atoms with van der Waals surface area (Å²) in [5.41, 5.74) is 6.47. The van der Waals surface area contributed by atoms with Crippen molar-refractivity contribution in [2.75, 3.05) is 13.6 Å². The number of hydrogen-bond acceptors (Lipinski definition) is 3. The first kappa shape index (κ1) is 14.6. The van der Waals surface area contributed by atoms with Crippen LogP contribution in [0, 0.1) is 0 Å². The van der Waals surface area contributed by atoms with Crippen LogP contribution >= 0.6 is 0 Å². The van der Waals surface area contributed by atoms with Crippen molar-refractivity contribution in [3.63, 3.8) is 0 Å². The maximum absolute atomic E-state index is 12.2. The van der Waals surface area contributed by atoms with Crippen molar-refractivity contribution < 1.29 is 4.79 Å². The summed E-state index contributed by atoms with van der Waals surface area (Å²) >= 11 is 0. The molecule has 18 heavy (non-hydrogen) atoms. The number of hydrogen-bond donors (Lipinski definition) is 1. The molecule has 0 aliphatic rings. The van der Waals surface area contributed by atoms with Crippen molar-refractivity contribution in [1.29, 1.82) is 0 Å². The standard InChI is InChI=1S/C14H23N3O/c1-4-8-14(2,15)13(18)17(3)11-7-12-5-9-16-10-6-12/h5-6,9-10H,4,7-8,11,15H2,1-3H3. The second-order valence-electron chi connectivity index (χ2n) is 5.00. The highest BCUT2D eigenvalue weighted by atomic mass is 16.2. The zero-order valence-corrected chi connectivity index (χ0v) is 11.5. The molecule has 0 aliphatic heterocycles. The topological polar surface area (TPSA) is 59.2 Å². The molecular weight excluding hydrogens is 226 g/mol. The van der Waals surface area contributed by atoms with Crippen molar-refractivity contribution in [1.82, 2.24) is 9.88 Å². The molecule has 0 saturated heterocycles. The maximum atomic E-state index is 12.2. The van der Waals surface area contributed by atoms with E-state index in [2.05, 4.69) is 4.98 Å². The molecule has 0 aliphatic carbocycles. The Balaban J connectivity index is 2.50. The van der Waals surface area contributed by atoms with Gasteiger partial charge in [-0.05, 0) is 37.5 Å². The fourth-order valence-corrected chi connectivity index (χ4v) is 2.01. The third-order valence-electron chi connectivity index (χ3n) is 3.09. The average molecular weight is 249 g/mol. The summed E-state index contributed by atoms with van der Waals surface area (Å²) in [5, 5.41) is 0. The van der Waals surface area contributed by atoms with Crippen LogP contribution in [0.5, 0.6) is 0 Å². The molecule has 0 saturated carbocycles. The first-order valence-electron chi connectivity index (χ1n) is 6.40. The van der Waals surface area contributed by atoms with Crippen LogP contribution in [-0.2, 0) is 11.2 Å². The summed E-state index contributed by atoms with van der Waals surface area (Å²) in [4.78, 5) is 17.9. The van der Waals surface area contributed by atoms with Crippen molar-refractivity contribution >= 4 is 5.91 Å². The minimum atomic E-state index is -0.748. The van der Waals surface area contributed by atoms with Gasteiger partial charge in [0, 0.05) is 26.0 Å². The molecule has 0 radical (unpaired) electrons. The van der Waals surface area contributed by atoms with Crippen LogP contribution in [-0.4, -0.2) is 34.9 Å². The van der Waals surface area contributed by atoms with Gasteiger partial charge in [0.25, 0.3) is 0 Å². The smallest absolute Gasteiger partial charge is 0.242 e. The molecule has 1 rings (SSSR count). The highest BCUT2D eigenvalue weighted by Gasteiger charge is 2.29. The second-order valence-corrected chi connectivity index (χ2v) is 5.00. The maximum Gasteiger partial charge on any atom is 0.242 e. The van der Waals surface area contributed by atoms with Crippen molar-refractivity contribution in [3.05, 3.63) is 30.1 Å². The molecular formula is C14H23N3O. The predicted octanol–water partition coefficient (Wildman–Crippen LogP) is 1.60. The summed E-state index contributed by atoms with van der Waals surface area (Å²) in [7, 11) is 1.81. The lowest BCUT2D eigenvalue weighted by Gasteiger charge is -2.29. The van der Waals surface area contributed by atoms with Gasteiger partial charge in [0.2, 0.25) is 5.91 Å². The van der Waals surface area contributed by atoms with Crippen LogP contribution in [0.15, 0.2) is 24.5 Å². The molecule has 1 atom stereocenters. The normalized spacial score (nSPS) is 14.0. The van der Waals surface area contributed by atoms with Gasteiger partial charge in [0.05, 0.1) is 5.54 Å². The van der Waals surface area contributed by atoms with E-state index in [1.807, 2.05) is 33.0 Å². The number of aromatic nitrogens is 1. The number of nitrogens with two attached hydrogens (primary N) is 1. The minimum absolute atomic E-state index is 0.0124. The Morgan fingerprint density at radius 2 is 2.06 bits per heavy atom. The van der Waals surface area contributed by atoms with E-state index < -0.39 is 5.54 Å². The number of likely N-dealkylation sites (N-methyl/N-ethyl adjacent to an activating group) is 1. The number of carbonyl (C=O) groups excluding carboxylic acids is 1. The highest BCUT2D eigenvalue weighted by molar-refractivity contribution is 5.85. The summed E-state index contributed by atoms with van der Waals surface area (Å²) in [6, 6.07) is 3.93. The summed E-state index contributed by atoms with van der Waals surface area (Å²) in [5.74, 6) is 0.0124. The van der Waals surface area contributed by atoms with Crippen molar-refractivity contribution in [2.24, 2.45) is 5.73 Å². The van der Waals surface area contributed by atoms with Crippen LogP contribution in [0.4, 0.5) is 0 Å². The van der Waals surface area contributed by atoms with Crippen LogP contribution in [0.25, 0.3) is 0 Å². The number of nitrogens with zero attached hydrogens (tertiary/aromatic N) is 2. The van der Waals surface area contributed by atoms with Crippen LogP contribution in [0.3, 0.4) is 0 Å². The molecule has 1 heterocycles. The molecule has 0 aromatic carbocycles. The van der Waals surface area contributed by atoms with E-state index in [1.165, 1.54) is 5.56 Å².